The van der Waals surface area contributed by atoms with E-state index in [-0.39, 0.29) is 5.91 Å². The topological polar surface area (TPSA) is 41.1 Å². The predicted molar refractivity (Wildman–Crippen MR) is 85.7 cm³/mol. The first kappa shape index (κ1) is 14.6. The second-order valence-electron chi connectivity index (χ2n) is 4.53. The van der Waals surface area contributed by atoms with Crippen molar-refractivity contribution in [2.75, 3.05) is 12.4 Å². The first-order chi connectivity index (χ1) is 9.67. The highest BCUT2D eigenvalue weighted by Crippen LogP contribution is 2.15. The molecule has 4 heteroatoms. The molecule has 0 saturated carbocycles. The molecule has 0 heterocycles. The largest absolute Gasteiger partial charge is 0.381 e. The van der Waals surface area contributed by atoms with Crippen LogP contribution in [0.4, 0.5) is 5.69 Å². The van der Waals surface area contributed by atoms with E-state index >= 15 is 0 Å². The minimum Gasteiger partial charge on any atom is -0.381 e. The van der Waals surface area contributed by atoms with E-state index in [1.54, 1.807) is 7.05 Å². The Balaban J connectivity index is 1.92. The highest BCUT2D eigenvalue weighted by atomic mass is 79.9. The van der Waals surface area contributed by atoms with Gasteiger partial charge >= 0.3 is 0 Å². The van der Waals surface area contributed by atoms with E-state index in [9.17, 15) is 4.79 Å². The van der Waals surface area contributed by atoms with Gasteiger partial charge in [-0.25, -0.2) is 0 Å². The molecule has 0 radical (unpaired) electrons. The summed E-state index contributed by atoms with van der Waals surface area (Å²) in [6.07, 6.45) is 0.419. The van der Waals surface area contributed by atoms with E-state index in [2.05, 4.69) is 38.7 Å². The second kappa shape index (κ2) is 7.10. The zero-order chi connectivity index (χ0) is 14.4. The zero-order valence-corrected chi connectivity index (χ0v) is 12.9. The summed E-state index contributed by atoms with van der Waals surface area (Å²) in [5, 5.41) is 5.98. The molecule has 2 aromatic carbocycles. The Labute approximate surface area is 127 Å². The monoisotopic (exact) mass is 332 g/mol. The van der Waals surface area contributed by atoms with Gasteiger partial charge in [0.05, 0.1) is 6.42 Å². The lowest BCUT2D eigenvalue weighted by molar-refractivity contribution is -0.119. The molecule has 2 N–H and O–H groups in total. The maximum atomic E-state index is 11.3. The van der Waals surface area contributed by atoms with E-state index in [1.807, 2.05) is 36.4 Å². The number of hydrogen-bond acceptors (Lipinski definition) is 2. The number of amides is 1. The summed E-state index contributed by atoms with van der Waals surface area (Å²) in [6.45, 7) is 0.772. The highest BCUT2D eigenvalue weighted by Gasteiger charge is 2.01. The summed E-state index contributed by atoms with van der Waals surface area (Å²) >= 11 is 3.46. The van der Waals surface area contributed by atoms with Crippen molar-refractivity contribution in [1.29, 1.82) is 0 Å². The quantitative estimate of drug-likeness (QED) is 0.881. The van der Waals surface area contributed by atoms with Crippen molar-refractivity contribution in [1.82, 2.24) is 5.32 Å². The molecule has 104 valence electrons. The van der Waals surface area contributed by atoms with Gasteiger partial charge in [0, 0.05) is 23.8 Å². The van der Waals surface area contributed by atoms with Crippen LogP contribution in [0.1, 0.15) is 11.1 Å². The molecule has 2 rings (SSSR count). The Morgan fingerprint density at radius 3 is 2.50 bits per heavy atom. The number of anilines is 1. The van der Waals surface area contributed by atoms with E-state index in [1.165, 1.54) is 5.56 Å². The van der Waals surface area contributed by atoms with Gasteiger partial charge in [-0.2, -0.15) is 0 Å². The number of carbonyl (C=O) groups excluding carboxylic acids is 1. The molecule has 0 bridgehead atoms. The summed E-state index contributed by atoms with van der Waals surface area (Å²) in [7, 11) is 1.65. The molecule has 2 aromatic rings. The third kappa shape index (κ3) is 4.38. The average Bonchev–Trinajstić information content (AvgIpc) is 2.46. The van der Waals surface area contributed by atoms with Crippen LogP contribution < -0.4 is 10.6 Å². The van der Waals surface area contributed by atoms with Gasteiger partial charge in [-0.3, -0.25) is 4.79 Å². The van der Waals surface area contributed by atoms with Crippen LogP contribution in [-0.2, 0) is 17.8 Å². The third-order valence-corrected chi connectivity index (χ3v) is 3.48. The van der Waals surface area contributed by atoms with Crippen molar-refractivity contribution >= 4 is 27.5 Å². The summed E-state index contributed by atoms with van der Waals surface area (Å²) in [6, 6.07) is 16.1. The molecule has 0 aromatic heterocycles. The smallest absolute Gasteiger partial charge is 0.224 e. The van der Waals surface area contributed by atoms with Crippen molar-refractivity contribution in [2.45, 2.75) is 13.0 Å². The van der Waals surface area contributed by atoms with Crippen LogP contribution in [0.5, 0.6) is 0 Å². The lowest BCUT2D eigenvalue weighted by Gasteiger charge is -2.08. The molecule has 20 heavy (non-hydrogen) atoms. The summed E-state index contributed by atoms with van der Waals surface area (Å²) in [5.41, 5.74) is 3.27. The molecular formula is C16H17BrN2O. The number of carbonyl (C=O) groups is 1. The van der Waals surface area contributed by atoms with Crippen LogP contribution >= 0.6 is 15.9 Å². The summed E-state index contributed by atoms with van der Waals surface area (Å²) in [4.78, 5) is 11.3. The maximum Gasteiger partial charge on any atom is 0.224 e. The van der Waals surface area contributed by atoms with Crippen LogP contribution in [0.25, 0.3) is 0 Å². The van der Waals surface area contributed by atoms with Crippen LogP contribution in [0.2, 0.25) is 0 Å². The van der Waals surface area contributed by atoms with Crippen molar-refractivity contribution < 1.29 is 4.79 Å². The predicted octanol–water partition coefficient (Wildman–Crippen LogP) is 3.35. The van der Waals surface area contributed by atoms with E-state index in [4.69, 9.17) is 0 Å². The van der Waals surface area contributed by atoms with E-state index < -0.39 is 0 Å². The molecule has 0 spiro atoms. The van der Waals surface area contributed by atoms with Crippen LogP contribution in [0, 0.1) is 0 Å². The van der Waals surface area contributed by atoms with Gasteiger partial charge in [0.25, 0.3) is 0 Å². The Morgan fingerprint density at radius 2 is 1.85 bits per heavy atom. The van der Waals surface area contributed by atoms with E-state index in [0.717, 1.165) is 22.3 Å². The summed E-state index contributed by atoms with van der Waals surface area (Å²) < 4.78 is 1.08. The van der Waals surface area contributed by atoms with Gasteiger partial charge in [-0.1, -0.05) is 40.2 Å². The molecule has 3 nitrogen and oxygen atoms in total. The van der Waals surface area contributed by atoms with Crippen molar-refractivity contribution in [3.8, 4) is 0 Å². The Morgan fingerprint density at radius 1 is 1.10 bits per heavy atom. The zero-order valence-electron chi connectivity index (χ0n) is 11.3. The number of benzene rings is 2. The van der Waals surface area contributed by atoms with Crippen molar-refractivity contribution in [3.05, 3.63) is 64.1 Å². The molecule has 0 atom stereocenters. The van der Waals surface area contributed by atoms with Crippen LogP contribution in [0.3, 0.4) is 0 Å². The molecule has 0 unspecified atom stereocenters. The molecule has 0 aliphatic carbocycles. The van der Waals surface area contributed by atoms with Gasteiger partial charge in [0.15, 0.2) is 0 Å². The number of halogens is 1. The van der Waals surface area contributed by atoms with Gasteiger partial charge in [0.1, 0.15) is 0 Å². The Bertz CT molecular complexity index is 581. The normalized spacial score (nSPS) is 10.1. The van der Waals surface area contributed by atoms with Gasteiger partial charge in [0.2, 0.25) is 5.91 Å². The highest BCUT2D eigenvalue weighted by molar-refractivity contribution is 9.10. The first-order valence-corrected chi connectivity index (χ1v) is 7.24. The fraction of sp³-hybridized carbons (Fsp3) is 0.188. The fourth-order valence-corrected chi connectivity index (χ4v) is 2.31. The third-order valence-electron chi connectivity index (χ3n) is 2.98. The Hall–Kier alpha value is -1.81. The second-order valence-corrected chi connectivity index (χ2v) is 5.45. The lowest BCUT2D eigenvalue weighted by Crippen LogP contribution is -2.19. The molecular weight excluding hydrogens is 316 g/mol. The fourth-order valence-electron chi connectivity index (χ4n) is 1.87. The SMILES string of the molecule is CNC(=O)Cc1ccc(NCc2cccc(Br)c2)cc1. The van der Waals surface area contributed by atoms with Crippen LogP contribution in [0.15, 0.2) is 53.0 Å². The van der Waals surface area contributed by atoms with Gasteiger partial charge in [-0.05, 0) is 35.4 Å². The summed E-state index contributed by atoms with van der Waals surface area (Å²) in [5.74, 6) is 0.0276. The maximum absolute atomic E-state index is 11.3. The molecule has 0 aliphatic rings. The molecule has 0 aliphatic heterocycles. The average molecular weight is 333 g/mol. The number of hydrogen-bond donors (Lipinski definition) is 2. The Kier molecular flexibility index (Phi) is 5.18. The molecule has 0 saturated heterocycles. The lowest BCUT2D eigenvalue weighted by atomic mass is 10.1. The minimum atomic E-state index is 0.0276. The first-order valence-electron chi connectivity index (χ1n) is 6.45. The standard InChI is InChI=1S/C16H17BrN2O/c1-18-16(20)10-12-5-7-15(8-6-12)19-11-13-3-2-4-14(17)9-13/h2-9,19H,10-11H2,1H3,(H,18,20). The van der Waals surface area contributed by atoms with Crippen molar-refractivity contribution in [3.63, 3.8) is 0 Å². The number of likely N-dealkylation sites (N-methyl/N-ethyl adjacent to an activating group) is 1. The van der Waals surface area contributed by atoms with Gasteiger partial charge in [-0.15, -0.1) is 0 Å². The number of nitrogens with one attached hydrogen (secondary N) is 2. The molecule has 1 amide bonds. The van der Waals surface area contributed by atoms with E-state index in [0.29, 0.717) is 6.42 Å². The minimum absolute atomic E-state index is 0.0276. The van der Waals surface area contributed by atoms with Gasteiger partial charge < -0.3 is 10.6 Å². The number of rotatable bonds is 5. The molecule has 0 fully saturated rings. The van der Waals surface area contributed by atoms with Crippen molar-refractivity contribution in [2.24, 2.45) is 0 Å². The van der Waals surface area contributed by atoms with Crippen LogP contribution in [-0.4, -0.2) is 13.0 Å².